The Morgan fingerprint density at radius 1 is 1.47 bits per heavy atom. The summed E-state index contributed by atoms with van der Waals surface area (Å²) in [6.07, 6.45) is 3.06. The van der Waals surface area contributed by atoms with Crippen molar-refractivity contribution in [2.45, 2.75) is 32.7 Å². The average Bonchev–Trinajstić information content (AvgIpc) is 2.81. The molecule has 0 aliphatic rings. The lowest BCUT2D eigenvalue weighted by atomic mass is 10.1. The minimum atomic E-state index is -2.87. The molecule has 7 heteroatoms. The van der Waals surface area contributed by atoms with Gasteiger partial charge >= 0.3 is 0 Å². The van der Waals surface area contributed by atoms with Crippen molar-refractivity contribution in [1.29, 1.82) is 0 Å². The van der Waals surface area contributed by atoms with E-state index in [0.717, 1.165) is 18.7 Å². The molecule has 0 saturated heterocycles. The highest BCUT2D eigenvalue weighted by molar-refractivity contribution is 7.91. The van der Waals surface area contributed by atoms with Crippen LogP contribution in [0.4, 0.5) is 0 Å². The fourth-order valence-corrected chi connectivity index (χ4v) is 2.53. The van der Waals surface area contributed by atoms with Gasteiger partial charge in [-0.1, -0.05) is 13.8 Å². The van der Waals surface area contributed by atoms with Gasteiger partial charge in [-0.05, 0) is 19.4 Å². The fourth-order valence-electron chi connectivity index (χ4n) is 1.63. The molecule has 98 valence electrons. The predicted octanol–water partition coefficient (Wildman–Crippen LogP) is 0.670. The number of H-pyrrole nitrogens is 1. The molecule has 17 heavy (non-hydrogen) atoms. The summed E-state index contributed by atoms with van der Waals surface area (Å²) in [6.45, 7) is 4.50. The topological polar surface area (TPSA) is 87.7 Å². The van der Waals surface area contributed by atoms with Gasteiger partial charge in [-0.3, -0.25) is 0 Å². The largest absolute Gasteiger partial charge is 0.309 e. The summed E-state index contributed by atoms with van der Waals surface area (Å²) in [5.41, 5.74) is 0.834. The van der Waals surface area contributed by atoms with Crippen LogP contribution in [0.3, 0.4) is 0 Å². The lowest BCUT2D eigenvalue weighted by Gasteiger charge is -2.14. The van der Waals surface area contributed by atoms with Crippen molar-refractivity contribution in [2.75, 3.05) is 18.1 Å². The Bertz CT molecular complexity index is 402. The average molecular weight is 260 g/mol. The summed E-state index contributed by atoms with van der Waals surface area (Å²) in [5.74, 6) is 0.450. The SMILES string of the molecule is CCNC(CCCS(=O)(=O)CC)c1cn[nH]n1. The second-order valence-corrected chi connectivity index (χ2v) is 6.36. The van der Waals surface area contributed by atoms with Gasteiger partial charge in [-0.15, -0.1) is 0 Å². The number of hydrogen-bond acceptors (Lipinski definition) is 5. The zero-order valence-electron chi connectivity index (χ0n) is 10.3. The third-order valence-electron chi connectivity index (χ3n) is 2.63. The van der Waals surface area contributed by atoms with Gasteiger partial charge in [0.05, 0.1) is 23.7 Å². The number of nitrogens with one attached hydrogen (secondary N) is 2. The number of nitrogens with zero attached hydrogens (tertiary/aromatic N) is 2. The third kappa shape index (κ3) is 4.82. The van der Waals surface area contributed by atoms with Crippen molar-refractivity contribution in [3.05, 3.63) is 11.9 Å². The molecule has 0 bridgehead atoms. The predicted molar refractivity (Wildman–Crippen MR) is 66.4 cm³/mol. The smallest absolute Gasteiger partial charge is 0.150 e. The van der Waals surface area contributed by atoms with Gasteiger partial charge in [0.2, 0.25) is 0 Å². The second-order valence-electron chi connectivity index (χ2n) is 3.88. The first-order valence-electron chi connectivity index (χ1n) is 5.88. The molecule has 1 aromatic heterocycles. The van der Waals surface area contributed by atoms with Crippen LogP contribution in [0.25, 0.3) is 0 Å². The van der Waals surface area contributed by atoms with Crippen LogP contribution >= 0.6 is 0 Å². The molecule has 0 radical (unpaired) electrons. The van der Waals surface area contributed by atoms with E-state index < -0.39 is 9.84 Å². The normalized spacial score (nSPS) is 13.8. The van der Waals surface area contributed by atoms with Crippen LogP contribution in [0.15, 0.2) is 6.20 Å². The molecule has 6 nitrogen and oxygen atoms in total. The fraction of sp³-hybridized carbons (Fsp3) is 0.800. The maximum atomic E-state index is 11.4. The summed E-state index contributed by atoms with van der Waals surface area (Å²) in [4.78, 5) is 0. The van der Waals surface area contributed by atoms with Crippen molar-refractivity contribution in [2.24, 2.45) is 0 Å². The molecule has 1 atom stereocenters. The number of hydrogen-bond donors (Lipinski definition) is 2. The molecule has 0 spiro atoms. The molecule has 1 heterocycles. The van der Waals surface area contributed by atoms with E-state index in [1.54, 1.807) is 13.1 Å². The van der Waals surface area contributed by atoms with Crippen molar-refractivity contribution in [1.82, 2.24) is 20.7 Å². The molecule has 0 aromatic carbocycles. The van der Waals surface area contributed by atoms with E-state index in [0.29, 0.717) is 6.42 Å². The van der Waals surface area contributed by atoms with Crippen LogP contribution in [0, 0.1) is 0 Å². The van der Waals surface area contributed by atoms with Gasteiger partial charge in [0.15, 0.2) is 0 Å². The molecule has 0 amide bonds. The van der Waals surface area contributed by atoms with E-state index in [9.17, 15) is 8.42 Å². The van der Waals surface area contributed by atoms with Crippen LogP contribution in [-0.2, 0) is 9.84 Å². The van der Waals surface area contributed by atoms with Gasteiger partial charge in [0.1, 0.15) is 9.84 Å². The molecule has 0 aliphatic carbocycles. The molecule has 2 N–H and O–H groups in total. The molecular weight excluding hydrogens is 240 g/mol. The lowest BCUT2D eigenvalue weighted by Crippen LogP contribution is -2.22. The summed E-state index contributed by atoms with van der Waals surface area (Å²) in [7, 11) is -2.87. The zero-order valence-corrected chi connectivity index (χ0v) is 11.1. The minimum absolute atomic E-state index is 0.0748. The van der Waals surface area contributed by atoms with Gasteiger partial charge in [-0.2, -0.15) is 15.4 Å². The highest BCUT2D eigenvalue weighted by atomic mass is 32.2. The van der Waals surface area contributed by atoms with Gasteiger partial charge in [0, 0.05) is 5.75 Å². The van der Waals surface area contributed by atoms with Crippen molar-refractivity contribution < 1.29 is 8.42 Å². The maximum absolute atomic E-state index is 11.4. The van der Waals surface area contributed by atoms with Crippen LogP contribution in [0.1, 0.15) is 38.4 Å². The lowest BCUT2D eigenvalue weighted by molar-refractivity contribution is 0.495. The Labute approximate surface area is 102 Å². The molecule has 0 saturated carbocycles. The third-order valence-corrected chi connectivity index (χ3v) is 4.42. The first-order valence-corrected chi connectivity index (χ1v) is 7.70. The van der Waals surface area contributed by atoms with E-state index in [1.807, 2.05) is 6.92 Å². The standard InChI is InChI=1S/C10H20N4O2S/c1-3-11-9(10-8-12-14-13-10)6-5-7-17(15,16)4-2/h8-9,11H,3-7H2,1-2H3,(H,12,13,14). The van der Waals surface area contributed by atoms with E-state index in [4.69, 9.17) is 0 Å². The van der Waals surface area contributed by atoms with Crippen molar-refractivity contribution in [3.8, 4) is 0 Å². The van der Waals surface area contributed by atoms with Crippen molar-refractivity contribution in [3.63, 3.8) is 0 Å². The maximum Gasteiger partial charge on any atom is 0.150 e. The molecule has 1 rings (SSSR count). The Balaban J connectivity index is 2.46. The van der Waals surface area contributed by atoms with Gasteiger partial charge in [0.25, 0.3) is 0 Å². The van der Waals surface area contributed by atoms with Gasteiger partial charge < -0.3 is 5.32 Å². The highest BCUT2D eigenvalue weighted by Gasteiger charge is 2.14. The Morgan fingerprint density at radius 3 is 2.76 bits per heavy atom. The minimum Gasteiger partial charge on any atom is -0.309 e. The van der Waals surface area contributed by atoms with E-state index in [1.165, 1.54) is 0 Å². The number of sulfone groups is 1. The first kappa shape index (κ1) is 14.1. The highest BCUT2D eigenvalue weighted by Crippen LogP contribution is 2.15. The summed E-state index contributed by atoms with van der Waals surface area (Å²) in [5, 5.41) is 13.6. The quantitative estimate of drug-likeness (QED) is 0.717. The van der Waals surface area contributed by atoms with Crippen LogP contribution < -0.4 is 5.32 Å². The van der Waals surface area contributed by atoms with Crippen LogP contribution in [0.2, 0.25) is 0 Å². The van der Waals surface area contributed by atoms with E-state index in [-0.39, 0.29) is 17.5 Å². The zero-order chi connectivity index (χ0) is 12.7. The van der Waals surface area contributed by atoms with E-state index in [2.05, 4.69) is 20.7 Å². The molecule has 0 aliphatic heterocycles. The Kier molecular flexibility index (Phi) is 5.57. The number of rotatable bonds is 8. The van der Waals surface area contributed by atoms with Gasteiger partial charge in [-0.25, -0.2) is 8.42 Å². The van der Waals surface area contributed by atoms with Crippen LogP contribution in [0.5, 0.6) is 0 Å². The molecule has 1 aromatic rings. The first-order chi connectivity index (χ1) is 8.09. The summed E-state index contributed by atoms with van der Waals surface area (Å²) < 4.78 is 22.7. The molecular formula is C10H20N4O2S. The summed E-state index contributed by atoms with van der Waals surface area (Å²) in [6, 6.07) is 0.0748. The Morgan fingerprint density at radius 2 is 2.24 bits per heavy atom. The summed E-state index contributed by atoms with van der Waals surface area (Å²) >= 11 is 0. The molecule has 1 unspecified atom stereocenters. The number of aromatic nitrogens is 3. The number of aromatic amines is 1. The Hall–Kier alpha value is -0.950. The van der Waals surface area contributed by atoms with Crippen molar-refractivity contribution >= 4 is 9.84 Å². The monoisotopic (exact) mass is 260 g/mol. The molecule has 0 fully saturated rings. The van der Waals surface area contributed by atoms with Crippen LogP contribution in [-0.4, -0.2) is 41.9 Å². The second kappa shape index (κ2) is 6.70. The van der Waals surface area contributed by atoms with E-state index >= 15 is 0 Å².